The molecule has 0 aromatic carbocycles. The van der Waals surface area contributed by atoms with Crippen LogP contribution in [-0.2, 0) is 9.53 Å². The number of aliphatic hydroxyl groups is 1. The Hall–Kier alpha value is -0.570. The van der Waals surface area contributed by atoms with E-state index in [2.05, 4.69) is 13.8 Å². The second-order valence-corrected chi connectivity index (χ2v) is 5.86. The Balaban J connectivity index is 2.77. The Morgan fingerprint density at radius 3 is 2.78 bits per heavy atom. The van der Waals surface area contributed by atoms with E-state index in [1.54, 1.807) is 0 Å². The van der Waals surface area contributed by atoms with Crippen LogP contribution in [0, 0.1) is 11.8 Å². The molecule has 106 valence electrons. The molecule has 3 heteroatoms. The maximum Gasteiger partial charge on any atom is 0.311 e. The van der Waals surface area contributed by atoms with Gasteiger partial charge in [-0.05, 0) is 31.6 Å². The van der Waals surface area contributed by atoms with Crippen LogP contribution in [0.5, 0.6) is 0 Å². The summed E-state index contributed by atoms with van der Waals surface area (Å²) < 4.78 is 4.90. The van der Waals surface area contributed by atoms with Crippen molar-refractivity contribution in [3.05, 3.63) is 0 Å². The van der Waals surface area contributed by atoms with Crippen LogP contribution in [-0.4, -0.2) is 23.8 Å². The maximum atomic E-state index is 11.9. The van der Waals surface area contributed by atoms with Crippen molar-refractivity contribution < 1.29 is 14.6 Å². The SMILES string of the molecule is CCCCC(C(=O)OC)C1(O)CCCC(C)CC1. The summed E-state index contributed by atoms with van der Waals surface area (Å²) in [6.07, 6.45) is 7.40. The van der Waals surface area contributed by atoms with Crippen LogP contribution in [0.15, 0.2) is 0 Å². The lowest BCUT2D eigenvalue weighted by molar-refractivity contribution is -0.157. The first-order chi connectivity index (χ1) is 8.53. The zero-order valence-electron chi connectivity index (χ0n) is 12.1. The van der Waals surface area contributed by atoms with Crippen LogP contribution in [0.2, 0.25) is 0 Å². The molecule has 3 unspecified atom stereocenters. The van der Waals surface area contributed by atoms with Crippen molar-refractivity contribution in [3.63, 3.8) is 0 Å². The van der Waals surface area contributed by atoms with E-state index in [4.69, 9.17) is 4.74 Å². The number of methoxy groups -OCH3 is 1. The number of rotatable bonds is 5. The van der Waals surface area contributed by atoms with E-state index in [1.807, 2.05) is 0 Å². The van der Waals surface area contributed by atoms with Gasteiger partial charge in [0, 0.05) is 0 Å². The average molecular weight is 256 g/mol. The van der Waals surface area contributed by atoms with Crippen LogP contribution in [0.3, 0.4) is 0 Å². The molecule has 0 aromatic heterocycles. The van der Waals surface area contributed by atoms with Crippen molar-refractivity contribution in [2.75, 3.05) is 7.11 Å². The molecule has 0 aliphatic heterocycles. The largest absolute Gasteiger partial charge is 0.469 e. The summed E-state index contributed by atoms with van der Waals surface area (Å²) in [6, 6.07) is 0. The molecular formula is C15H28O3. The van der Waals surface area contributed by atoms with Crippen LogP contribution in [0.1, 0.15) is 65.2 Å². The Bertz CT molecular complexity index is 264. The molecule has 3 atom stereocenters. The van der Waals surface area contributed by atoms with E-state index in [1.165, 1.54) is 7.11 Å². The predicted octanol–water partition coefficient (Wildman–Crippen LogP) is 3.30. The summed E-state index contributed by atoms with van der Waals surface area (Å²) in [5.41, 5.74) is -0.840. The molecule has 0 bridgehead atoms. The van der Waals surface area contributed by atoms with E-state index in [0.29, 0.717) is 5.92 Å². The van der Waals surface area contributed by atoms with Gasteiger partial charge in [0.1, 0.15) is 0 Å². The lowest BCUT2D eigenvalue weighted by Crippen LogP contribution is -2.42. The number of carbonyl (C=O) groups is 1. The Labute approximate surface area is 111 Å². The number of carbonyl (C=O) groups excluding carboxylic acids is 1. The van der Waals surface area contributed by atoms with Crippen LogP contribution >= 0.6 is 0 Å². The monoisotopic (exact) mass is 256 g/mol. The van der Waals surface area contributed by atoms with Gasteiger partial charge in [0.2, 0.25) is 0 Å². The molecule has 0 spiro atoms. The lowest BCUT2D eigenvalue weighted by atomic mass is 9.78. The number of ether oxygens (including phenoxy) is 1. The van der Waals surface area contributed by atoms with E-state index in [-0.39, 0.29) is 11.9 Å². The van der Waals surface area contributed by atoms with E-state index in [0.717, 1.165) is 51.4 Å². The van der Waals surface area contributed by atoms with Gasteiger partial charge in [-0.15, -0.1) is 0 Å². The summed E-state index contributed by atoms with van der Waals surface area (Å²) >= 11 is 0. The third kappa shape index (κ3) is 3.98. The normalized spacial score (nSPS) is 30.6. The van der Waals surface area contributed by atoms with Gasteiger partial charge in [0.05, 0.1) is 18.6 Å². The molecule has 1 aliphatic rings. The molecule has 1 fully saturated rings. The van der Waals surface area contributed by atoms with Gasteiger partial charge >= 0.3 is 5.97 Å². The standard InChI is InChI=1S/C15H28O3/c1-4-5-8-13(14(16)18-3)15(17)10-6-7-12(2)9-11-15/h12-13,17H,4-11H2,1-3H3. The molecule has 0 aromatic rings. The highest BCUT2D eigenvalue weighted by Crippen LogP contribution is 2.38. The summed E-state index contributed by atoms with van der Waals surface area (Å²) in [4.78, 5) is 11.9. The summed E-state index contributed by atoms with van der Waals surface area (Å²) in [5, 5.41) is 10.9. The molecule has 0 radical (unpaired) electrons. The average Bonchev–Trinajstić information content (AvgIpc) is 2.52. The molecular weight excluding hydrogens is 228 g/mol. The zero-order chi connectivity index (χ0) is 13.6. The van der Waals surface area contributed by atoms with Crippen LogP contribution in [0.25, 0.3) is 0 Å². The molecule has 0 amide bonds. The third-order valence-corrected chi connectivity index (χ3v) is 4.36. The van der Waals surface area contributed by atoms with Crippen molar-refractivity contribution >= 4 is 5.97 Å². The Morgan fingerprint density at radius 1 is 1.44 bits per heavy atom. The molecule has 1 N–H and O–H groups in total. The van der Waals surface area contributed by atoms with Crippen LogP contribution in [0.4, 0.5) is 0 Å². The highest BCUT2D eigenvalue weighted by molar-refractivity contribution is 5.73. The highest BCUT2D eigenvalue weighted by Gasteiger charge is 2.42. The van der Waals surface area contributed by atoms with Gasteiger partial charge in [0.15, 0.2) is 0 Å². The summed E-state index contributed by atoms with van der Waals surface area (Å²) in [7, 11) is 1.42. The van der Waals surface area contributed by atoms with Crippen molar-refractivity contribution in [1.29, 1.82) is 0 Å². The fourth-order valence-electron chi connectivity index (χ4n) is 3.03. The van der Waals surface area contributed by atoms with Crippen molar-refractivity contribution in [3.8, 4) is 0 Å². The summed E-state index contributed by atoms with van der Waals surface area (Å²) in [5.74, 6) is 0.0803. The molecule has 1 saturated carbocycles. The fraction of sp³-hybridized carbons (Fsp3) is 0.933. The van der Waals surface area contributed by atoms with Crippen molar-refractivity contribution in [1.82, 2.24) is 0 Å². The topological polar surface area (TPSA) is 46.5 Å². The number of esters is 1. The van der Waals surface area contributed by atoms with Crippen LogP contribution < -0.4 is 0 Å². The number of unbranched alkanes of at least 4 members (excludes halogenated alkanes) is 1. The third-order valence-electron chi connectivity index (χ3n) is 4.36. The smallest absolute Gasteiger partial charge is 0.311 e. The quantitative estimate of drug-likeness (QED) is 0.606. The molecule has 18 heavy (non-hydrogen) atoms. The van der Waals surface area contributed by atoms with Gasteiger partial charge in [-0.3, -0.25) is 4.79 Å². The molecule has 0 heterocycles. The van der Waals surface area contributed by atoms with E-state index < -0.39 is 5.60 Å². The minimum absolute atomic E-state index is 0.236. The van der Waals surface area contributed by atoms with Gasteiger partial charge in [-0.25, -0.2) is 0 Å². The first-order valence-electron chi connectivity index (χ1n) is 7.33. The maximum absolute atomic E-state index is 11.9. The first kappa shape index (κ1) is 15.5. The highest BCUT2D eigenvalue weighted by atomic mass is 16.5. The molecule has 1 aliphatic carbocycles. The van der Waals surface area contributed by atoms with Crippen molar-refractivity contribution in [2.24, 2.45) is 11.8 Å². The van der Waals surface area contributed by atoms with Gasteiger partial charge in [-0.1, -0.05) is 39.5 Å². The van der Waals surface area contributed by atoms with E-state index >= 15 is 0 Å². The number of hydrogen-bond acceptors (Lipinski definition) is 3. The molecule has 0 saturated heterocycles. The Kier molecular flexibility index (Phi) is 6.13. The lowest BCUT2D eigenvalue weighted by Gasteiger charge is -2.34. The van der Waals surface area contributed by atoms with Gasteiger partial charge in [-0.2, -0.15) is 0 Å². The predicted molar refractivity (Wildman–Crippen MR) is 72.2 cm³/mol. The summed E-state index contributed by atoms with van der Waals surface area (Å²) in [6.45, 7) is 4.33. The Morgan fingerprint density at radius 2 is 2.17 bits per heavy atom. The molecule has 3 nitrogen and oxygen atoms in total. The zero-order valence-corrected chi connectivity index (χ0v) is 12.1. The molecule has 1 rings (SSSR count). The van der Waals surface area contributed by atoms with Gasteiger partial charge < -0.3 is 9.84 Å². The second-order valence-electron chi connectivity index (χ2n) is 5.86. The minimum atomic E-state index is -0.840. The van der Waals surface area contributed by atoms with E-state index in [9.17, 15) is 9.90 Å². The fourth-order valence-corrected chi connectivity index (χ4v) is 3.03. The van der Waals surface area contributed by atoms with Crippen molar-refractivity contribution in [2.45, 2.75) is 70.8 Å². The second kappa shape index (κ2) is 7.13. The minimum Gasteiger partial charge on any atom is -0.469 e. The first-order valence-corrected chi connectivity index (χ1v) is 7.33. The number of hydrogen-bond donors (Lipinski definition) is 1. The van der Waals surface area contributed by atoms with Gasteiger partial charge in [0.25, 0.3) is 0 Å².